The van der Waals surface area contributed by atoms with E-state index < -0.39 is 0 Å². The summed E-state index contributed by atoms with van der Waals surface area (Å²) in [6, 6.07) is 0. The molecular formula is C13H22. The third kappa shape index (κ3) is 3.38. The highest BCUT2D eigenvalue weighted by Crippen LogP contribution is 2.27. The molecule has 1 aliphatic rings. The molecule has 1 atom stereocenters. The van der Waals surface area contributed by atoms with E-state index in [1.165, 1.54) is 32.1 Å². The van der Waals surface area contributed by atoms with E-state index in [2.05, 4.69) is 32.9 Å². The molecule has 0 aromatic rings. The van der Waals surface area contributed by atoms with Crippen molar-refractivity contribution in [3.05, 3.63) is 23.3 Å². The van der Waals surface area contributed by atoms with Gasteiger partial charge in [0.2, 0.25) is 0 Å². The van der Waals surface area contributed by atoms with E-state index in [-0.39, 0.29) is 0 Å². The van der Waals surface area contributed by atoms with Gasteiger partial charge in [-0.1, -0.05) is 50.0 Å². The van der Waals surface area contributed by atoms with Crippen molar-refractivity contribution in [1.29, 1.82) is 0 Å². The Morgan fingerprint density at radius 2 is 2.08 bits per heavy atom. The van der Waals surface area contributed by atoms with E-state index in [1.807, 2.05) is 0 Å². The second-order valence-electron chi connectivity index (χ2n) is 4.30. The number of hydrogen-bond donors (Lipinski definition) is 0. The molecule has 13 heavy (non-hydrogen) atoms. The van der Waals surface area contributed by atoms with Crippen LogP contribution in [0.4, 0.5) is 0 Å². The Morgan fingerprint density at radius 1 is 1.31 bits per heavy atom. The molecule has 0 amide bonds. The lowest BCUT2D eigenvalue weighted by Crippen LogP contribution is -2.02. The largest absolute Gasteiger partial charge is 0.0702 e. The second kappa shape index (κ2) is 5.26. The minimum absolute atomic E-state index is 0.779. The van der Waals surface area contributed by atoms with Gasteiger partial charge in [-0.2, -0.15) is 0 Å². The molecule has 0 fully saturated rings. The van der Waals surface area contributed by atoms with Gasteiger partial charge in [0.25, 0.3) is 0 Å². The molecule has 1 rings (SSSR count). The number of hydrogen-bond acceptors (Lipinski definition) is 0. The van der Waals surface area contributed by atoms with Crippen molar-refractivity contribution in [2.24, 2.45) is 5.92 Å². The van der Waals surface area contributed by atoms with Crippen LogP contribution in [-0.4, -0.2) is 0 Å². The van der Waals surface area contributed by atoms with Gasteiger partial charge in [-0.3, -0.25) is 0 Å². The van der Waals surface area contributed by atoms with E-state index in [9.17, 15) is 0 Å². The van der Waals surface area contributed by atoms with E-state index in [0.29, 0.717) is 0 Å². The lowest BCUT2D eigenvalue weighted by Gasteiger charge is -2.18. The van der Waals surface area contributed by atoms with Crippen LogP contribution in [0.25, 0.3) is 0 Å². The van der Waals surface area contributed by atoms with Crippen molar-refractivity contribution in [1.82, 2.24) is 0 Å². The van der Waals surface area contributed by atoms with Gasteiger partial charge >= 0.3 is 0 Å². The summed E-state index contributed by atoms with van der Waals surface area (Å²) in [5.74, 6) is 0.779. The fraction of sp³-hybridized carbons (Fsp3) is 0.692. The summed E-state index contributed by atoms with van der Waals surface area (Å²) >= 11 is 0. The lowest BCUT2D eigenvalue weighted by molar-refractivity contribution is 0.617. The summed E-state index contributed by atoms with van der Waals surface area (Å²) in [7, 11) is 0. The normalized spacial score (nSPS) is 22.5. The first-order valence-corrected chi connectivity index (χ1v) is 5.60. The first-order valence-electron chi connectivity index (χ1n) is 5.60. The topological polar surface area (TPSA) is 0 Å². The van der Waals surface area contributed by atoms with Gasteiger partial charge in [0, 0.05) is 0 Å². The average Bonchev–Trinajstić information content (AvgIpc) is 2.12. The molecule has 0 aromatic carbocycles. The van der Waals surface area contributed by atoms with E-state index in [1.54, 1.807) is 11.1 Å². The van der Waals surface area contributed by atoms with Crippen molar-refractivity contribution >= 4 is 0 Å². The van der Waals surface area contributed by atoms with Gasteiger partial charge in [0.15, 0.2) is 0 Å². The van der Waals surface area contributed by atoms with Crippen molar-refractivity contribution < 1.29 is 0 Å². The number of allylic oxidation sites excluding steroid dienone is 4. The van der Waals surface area contributed by atoms with Crippen molar-refractivity contribution in [2.45, 2.75) is 52.9 Å². The van der Waals surface area contributed by atoms with Gasteiger partial charge in [-0.15, -0.1) is 0 Å². The predicted molar refractivity (Wildman–Crippen MR) is 59.8 cm³/mol. The summed E-state index contributed by atoms with van der Waals surface area (Å²) in [5, 5.41) is 0. The SMILES string of the molecule is CCCCCC1=CC=C(C)C(C)C1. The predicted octanol–water partition coefficient (Wildman–Crippen LogP) is 4.48. The summed E-state index contributed by atoms with van der Waals surface area (Å²) in [5.41, 5.74) is 3.20. The van der Waals surface area contributed by atoms with Gasteiger partial charge in [-0.25, -0.2) is 0 Å². The Bertz CT molecular complexity index is 208. The van der Waals surface area contributed by atoms with Crippen LogP contribution in [0, 0.1) is 5.92 Å². The van der Waals surface area contributed by atoms with Gasteiger partial charge in [-0.05, 0) is 32.1 Å². The molecule has 0 saturated carbocycles. The lowest BCUT2D eigenvalue weighted by atomic mass is 9.87. The molecule has 0 aromatic heterocycles. The van der Waals surface area contributed by atoms with Crippen molar-refractivity contribution in [2.75, 3.05) is 0 Å². The molecule has 0 heterocycles. The summed E-state index contributed by atoms with van der Waals surface area (Å²) < 4.78 is 0. The molecule has 1 aliphatic carbocycles. The maximum Gasteiger partial charge on any atom is -0.0194 e. The van der Waals surface area contributed by atoms with Crippen LogP contribution in [0.5, 0.6) is 0 Å². The molecule has 0 saturated heterocycles. The molecule has 0 bridgehead atoms. The Hall–Kier alpha value is -0.520. The van der Waals surface area contributed by atoms with Crippen LogP contribution in [0.15, 0.2) is 23.3 Å². The third-order valence-electron chi connectivity index (χ3n) is 3.03. The molecule has 0 radical (unpaired) electrons. The van der Waals surface area contributed by atoms with Crippen LogP contribution < -0.4 is 0 Å². The van der Waals surface area contributed by atoms with Crippen LogP contribution in [0.3, 0.4) is 0 Å². The number of unbranched alkanes of at least 4 members (excludes halogenated alkanes) is 2. The van der Waals surface area contributed by atoms with Crippen molar-refractivity contribution in [3.8, 4) is 0 Å². The Morgan fingerprint density at radius 3 is 2.69 bits per heavy atom. The zero-order chi connectivity index (χ0) is 9.68. The zero-order valence-corrected chi connectivity index (χ0v) is 9.27. The zero-order valence-electron chi connectivity index (χ0n) is 9.27. The summed E-state index contributed by atoms with van der Waals surface area (Å²) in [6.45, 7) is 6.84. The molecule has 0 aliphatic heterocycles. The fourth-order valence-corrected chi connectivity index (χ4v) is 1.82. The van der Waals surface area contributed by atoms with Crippen LogP contribution in [0.1, 0.15) is 52.9 Å². The molecule has 1 unspecified atom stereocenters. The molecule has 0 N–H and O–H groups in total. The molecule has 0 spiro atoms. The first kappa shape index (κ1) is 10.6. The highest BCUT2D eigenvalue weighted by Gasteiger charge is 2.10. The monoisotopic (exact) mass is 178 g/mol. The van der Waals surface area contributed by atoms with Crippen LogP contribution >= 0.6 is 0 Å². The molecule has 74 valence electrons. The highest BCUT2D eigenvalue weighted by atomic mass is 14.2. The van der Waals surface area contributed by atoms with Gasteiger partial charge in [0.1, 0.15) is 0 Å². The third-order valence-corrected chi connectivity index (χ3v) is 3.03. The highest BCUT2D eigenvalue weighted by molar-refractivity contribution is 5.24. The number of rotatable bonds is 4. The molecule has 0 heteroatoms. The first-order chi connectivity index (χ1) is 6.24. The standard InChI is InChI=1S/C13H22/c1-4-5-6-7-13-9-8-11(2)12(3)10-13/h8-9,12H,4-7,10H2,1-3H3. The smallest absolute Gasteiger partial charge is 0.0194 e. The maximum absolute atomic E-state index is 2.34. The Labute approximate surface area is 82.7 Å². The molecule has 0 nitrogen and oxygen atoms in total. The van der Waals surface area contributed by atoms with Gasteiger partial charge < -0.3 is 0 Å². The molecular weight excluding hydrogens is 156 g/mol. The van der Waals surface area contributed by atoms with Crippen LogP contribution in [0.2, 0.25) is 0 Å². The minimum atomic E-state index is 0.779. The average molecular weight is 178 g/mol. The maximum atomic E-state index is 2.34. The van der Waals surface area contributed by atoms with Crippen molar-refractivity contribution in [3.63, 3.8) is 0 Å². The van der Waals surface area contributed by atoms with E-state index in [4.69, 9.17) is 0 Å². The quantitative estimate of drug-likeness (QED) is 0.557. The summed E-state index contributed by atoms with van der Waals surface area (Å²) in [6.07, 6.45) is 11.3. The van der Waals surface area contributed by atoms with E-state index >= 15 is 0 Å². The second-order valence-corrected chi connectivity index (χ2v) is 4.30. The fourth-order valence-electron chi connectivity index (χ4n) is 1.82. The van der Waals surface area contributed by atoms with Crippen LogP contribution in [-0.2, 0) is 0 Å². The van der Waals surface area contributed by atoms with E-state index in [0.717, 1.165) is 5.92 Å². The summed E-state index contributed by atoms with van der Waals surface area (Å²) in [4.78, 5) is 0. The van der Waals surface area contributed by atoms with Gasteiger partial charge in [0.05, 0.1) is 0 Å². The Balaban J connectivity index is 2.35. The minimum Gasteiger partial charge on any atom is -0.0702 e. The Kier molecular flexibility index (Phi) is 4.27.